The highest BCUT2D eigenvalue weighted by atomic mass is 16.5. The second kappa shape index (κ2) is 6.93. The molecule has 2 aromatic rings. The van der Waals surface area contributed by atoms with Crippen LogP contribution in [0, 0.1) is 0 Å². The fraction of sp³-hybridized carbons (Fsp3) is 0.533. The van der Waals surface area contributed by atoms with Crippen LogP contribution in [0.4, 0.5) is 0 Å². The molecule has 0 spiro atoms. The number of furan rings is 1. The van der Waals surface area contributed by atoms with Crippen LogP contribution in [0.3, 0.4) is 0 Å². The summed E-state index contributed by atoms with van der Waals surface area (Å²) in [5, 5.41) is 3.84. The number of hydrogen-bond acceptors (Lipinski definition) is 7. The second-order valence-electron chi connectivity index (χ2n) is 5.34. The maximum atomic E-state index is 12.3. The number of ether oxygens (including phenoxy) is 2. The first-order valence-electron chi connectivity index (χ1n) is 7.41. The van der Waals surface area contributed by atoms with E-state index in [-0.39, 0.29) is 18.1 Å². The number of nitrogens with zero attached hydrogens (tertiary/aromatic N) is 3. The summed E-state index contributed by atoms with van der Waals surface area (Å²) in [5.41, 5.74) is 0. The molecule has 0 saturated carbocycles. The molecule has 1 amide bonds. The molecule has 2 aromatic heterocycles. The molecule has 1 fully saturated rings. The van der Waals surface area contributed by atoms with Crippen LogP contribution >= 0.6 is 0 Å². The molecule has 0 bridgehead atoms. The molecule has 0 aliphatic carbocycles. The highest BCUT2D eigenvalue weighted by molar-refractivity contribution is 5.76. The van der Waals surface area contributed by atoms with Crippen LogP contribution in [-0.2, 0) is 20.7 Å². The van der Waals surface area contributed by atoms with Crippen LogP contribution in [0.15, 0.2) is 27.3 Å². The minimum absolute atomic E-state index is 0.0179. The number of aromatic nitrogens is 2. The van der Waals surface area contributed by atoms with Gasteiger partial charge in [-0.05, 0) is 12.1 Å². The molecule has 8 nitrogen and oxygen atoms in total. The highest BCUT2D eigenvalue weighted by Gasteiger charge is 2.35. The van der Waals surface area contributed by atoms with Crippen molar-refractivity contribution in [2.24, 2.45) is 0 Å². The van der Waals surface area contributed by atoms with Crippen molar-refractivity contribution in [1.29, 1.82) is 0 Å². The first-order valence-corrected chi connectivity index (χ1v) is 7.41. The summed E-state index contributed by atoms with van der Waals surface area (Å²) in [6.07, 6.45) is 2.06. The van der Waals surface area contributed by atoms with E-state index in [1.165, 1.54) is 0 Å². The minimum atomic E-state index is -0.0853. The van der Waals surface area contributed by atoms with Crippen molar-refractivity contribution in [2.45, 2.75) is 25.0 Å². The van der Waals surface area contributed by atoms with Crippen LogP contribution in [0.1, 0.15) is 12.3 Å². The Bertz CT molecular complexity index is 627. The second-order valence-corrected chi connectivity index (χ2v) is 5.34. The maximum Gasteiger partial charge on any atom is 0.238 e. The third-order valence-electron chi connectivity index (χ3n) is 3.94. The molecule has 1 aliphatic heterocycles. The standard InChI is InChI=1S/C15H19N3O5/c1-20-11-8-18(9-12(11)21-2)14(19)6-5-13-16-15(17-23-13)10-4-3-7-22-10/h3-4,7,11-12H,5-6,8-9H2,1-2H3/t11-,12+. The van der Waals surface area contributed by atoms with Crippen LogP contribution in [-0.4, -0.2) is 60.5 Å². The summed E-state index contributed by atoms with van der Waals surface area (Å²) in [7, 11) is 3.25. The molecule has 23 heavy (non-hydrogen) atoms. The van der Waals surface area contributed by atoms with Crippen molar-refractivity contribution >= 4 is 5.91 Å². The van der Waals surface area contributed by atoms with Gasteiger partial charge in [-0.25, -0.2) is 0 Å². The fourth-order valence-corrected chi connectivity index (χ4v) is 2.63. The van der Waals surface area contributed by atoms with Gasteiger partial charge in [0.2, 0.25) is 17.6 Å². The van der Waals surface area contributed by atoms with Gasteiger partial charge in [0.05, 0.1) is 6.26 Å². The molecule has 0 unspecified atom stereocenters. The quantitative estimate of drug-likeness (QED) is 0.787. The Balaban J connectivity index is 1.53. The van der Waals surface area contributed by atoms with Gasteiger partial charge in [-0.1, -0.05) is 5.16 Å². The molecular formula is C15H19N3O5. The largest absolute Gasteiger partial charge is 0.461 e. The van der Waals surface area contributed by atoms with E-state index >= 15 is 0 Å². The summed E-state index contributed by atoms with van der Waals surface area (Å²) in [6, 6.07) is 3.50. The van der Waals surface area contributed by atoms with Crippen LogP contribution in [0.2, 0.25) is 0 Å². The Hall–Kier alpha value is -2.19. The number of aryl methyl sites for hydroxylation is 1. The van der Waals surface area contributed by atoms with Gasteiger partial charge in [-0.3, -0.25) is 4.79 Å². The van der Waals surface area contributed by atoms with Gasteiger partial charge in [0.15, 0.2) is 5.76 Å². The summed E-state index contributed by atoms with van der Waals surface area (Å²) in [4.78, 5) is 18.2. The van der Waals surface area contributed by atoms with E-state index in [1.807, 2.05) is 0 Å². The number of methoxy groups -OCH3 is 2. The Labute approximate surface area is 133 Å². The summed E-state index contributed by atoms with van der Waals surface area (Å²) in [6.45, 7) is 1.07. The zero-order valence-corrected chi connectivity index (χ0v) is 13.1. The Kier molecular flexibility index (Phi) is 4.73. The van der Waals surface area contributed by atoms with Gasteiger partial charge in [0.25, 0.3) is 0 Å². The predicted octanol–water partition coefficient (Wildman–Crippen LogP) is 1.13. The minimum Gasteiger partial charge on any atom is -0.461 e. The average Bonchev–Trinajstić information content (AvgIpc) is 3.31. The lowest BCUT2D eigenvalue weighted by molar-refractivity contribution is -0.130. The Morgan fingerprint density at radius 3 is 2.70 bits per heavy atom. The molecule has 0 aromatic carbocycles. The molecule has 1 aliphatic rings. The molecule has 0 radical (unpaired) electrons. The highest BCUT2D eigenvalue weighted by Crippen LogP contribution is 2.19. The molecule has 2 atom stereocenters. The molecule has 124 valence electrons. The fourth-order valence-electron chi connectivity index (χ4n) is 2.63. The van der Waals surface area contributed by atoms with E-state index in [9.17, 15) is 4.79 Å². The smallest absolute Gasteiger partial charge is 0.238 e. The zero-order chi connectivity index (χ0) is 16.2. The van der Waals surface area contributed by atoms with Crippen molar-refractivity contribution in [3.05, 3.63) is 24.3 Å². The van der Waals surface area contributed by atoms with Crippen LogP contribution in [0.25, 0.3) is 11.6 Å². The zero-order valence-electron chi connectivity index (χ0n) is 13.1. The Morgan fingerprint density at radius 1 is 1.35 bits per heavy atom. The number of likely N-dealkylation sites (tertiary alicyclic amines) is 1. The van der Waals surface area contributed by atoms with Crippen LogP contribution < -0.4 is 0 Å². The van der Waals surface area contributed by atoms with E-state index in [0.717, 1.165) is 0 Å². The van der Waals surface area contributed by atoms with E-state index in [0.29, 0.717) is 43.4 Å². The average molecular weight is 321 g/mol. The van der Waals surface area contributed by atoms with Crippen LogP contribution in [0.5, 0.6) is 0 Å². The number of rotatable bonds is 6. The lowest BCUT2D eigenvalue weighted by Gasteiger charge is -2.14. The molecular weight excluding hydrogens is 302 g/mol. The Morgan fingerprint density at radius 2 is 2.09 bits per heavy atom. The van der Waals surface area contributed by atoms with Gasteiger partial charge in [-0.15, -0.1) is 0 Å². The molecule has 1 saturated heterocycles. The third-order valence-corrected chi connectivity index (χ3v) is 3.94. The van der Waals surface area contributed by atoms with E-state index in [4.69, 9.17) is 18.4 Å². The van der Waals surface area contributed by atoms with Crippen molar-refractivity contribution in [3.63, 3.8) is 0 Å². The van der Waals surface area contributed by atoms with Crippen molar-refractivity contribution in [1.82, 2.24) is 15.0 Å². The third kappa shape index (κ3) is 3.43. The normalized spacial score (nSPS) is 21.0. The van der Waals surface area contributed by atoms with Gasteiger partial charge in [0.1, 0.15) is 12.2 Å². The van der Waals surface area contributed by atoms with Gasteiger partial charge < -0.3 is 23.3 Å². The molecule has 3 rings (SSSR count). The first-order chi connectivity index (χ1) is 11.2. The number of hydrogen-bond donors (Lipinski definition) is 0. The maximum absolute atomic E-state index is 12.3. The van der Waals surface area contributed by atoms with Gasteiger partial charge >= 0.3 is 0 Å². The van der Waals surface area contributed by atoms with E-state index < -0.39 is 0 Å². The summed E-state index contributed by atoms with van der Waals surface area (Å²) < 4.78 is 21.0. The predicted molar refractivity (Wildman–Crippen MR) is 78.5 cm³/mol. The van der Waals surface area contributed by atoms with Crippen molar-refractivity contribution < 1.29 is 23.2 Å². The number of carbonyl (C=O) groups is 1. The molecule has 0 N–H and O–H groups in total. The first kappa shape index (κ1) is 15.7. The van der Waals surface area contributed by atoms with Gasteiger partial charge in [0, 0.05) is 40.2 Å². The summed E-state index contributed by atoms with van der Waals surface area (Å²) in [5.74, 6) is 1.36. The van der Waals surface area contributed by atoms with Crippen molar-refractivity contribution in [2.75, 3.05) is 27.3 Å². The summed E-state index contributed by atoms with van der Waals surface area (Å²) >= 11 is 0. The van der Waals surface area contributed by atoms with E-state index in [2.05, 4.69) is 10.1 Å². The monoisotopic (exact) mass is 321 g/mol. The molecule has 3 heterocycles. The van der Waals surface area contributed by atoms with Gasteiger partial charge in [-0.2, -0.15) is 4.98 Å². The topological polar surface area (TPSA) is 90.8 Å². The van der Waals surface area contributed by atoms with E-state index in [1.54, 1.807) is 37.5 Å². The number of amides is 1. The molecule has 8 heteroatoms. The SMILES string of the molecule is CO[C@H]1CN(C(=O)CCc2nc(-c3ccco3)no2)C[C@H]1OC. The number of carbonyl (C=O) groups excluding carboxylic acids is 1. The lowest BCUT2D eigenvalue weighted by atomic mass is 10.3. The lowest BCUT2D eigenvalue weighted by Crippen LogP contribution is -2.30. The van der Waals surface area contributed by atoms with Crippen molar-refractivity contribution in [3.8, 4) is 11.6 Å².